The first kappa shape index (κ1) is 13.5. The molecule has 0 saturated carbocycles. The van der Waals surface area contributed by atoms with Crippen LogP contribution in [0.4, 0.5) is 0 Å². The van der Waals surface area contributed by atoms with E-state index >= 15 is 0 Å². The second kappa shape index (κ2) is 6.86. The Hall–Kier alpha value is -0.610. The Kier molecular flexibility index (Phi) is 5.77. The molecular weight excluding hydrogens is 202 g/mol. The van der Waals surface area contributed by atoms with Crippen LogP contribution in [0.3, 0.4) is 0 Å². The fraction of sp³-hybridized carbons (Fsp3) is 0.917. The summed E-state index contributed by atoms with van der Waals surface area (Å²) in [5.41, 5.74) is 0. The summed E-state index contributed by atoms with van der Waals surface area (Å²) < 4.78 is 0. The van der Waals surface area contributed by atoms with E-state index in [2.05, 4.69) is 17.1 Å². The highest BCUT2D eigenvalue weighted by Crippen LogP contribution is 2.16. The molecule has 1 aliphatic rings. The molecule has 0 aromatic carbocycles. The molecule has 1 fully saturated rings. The Morgan fingerprint density at radius 1 is 1.50 bits per heavy atom. The molecule has 0 aromatic rings. The van der Waals surface area contributed by atoms with Gasteiger partial charge in [-0.1, -0.05) is 0 Å². The lowest BCUT2D eigenvalue weighted by Gasteiger charge is -2.34. The van der Waals surface area contributed by atoms with Crippen molar-refractivity contribution in [3.63, 3.8) is 0 Å². The van der Waals surface area contributed by atoms with Crippen LogP contribution < -0.4 is 5.32 Å². The van der Waals surface area contributed by atoms with Crippen LogP contribution in [-0.2, 0) is 4.79 Å². The van der Waals surface area contributed by atoms with Crippen LogP contribution in [0.25, 0.3) is 0 Å². The SMILES string of the molecule is CNCCN(C)CC(=O)N1CCCCC1C. The summed E-state index contributed by atoms with van der Waals surface area (Å²) in [4.78, 5) is 16.2. The van der Waals surface area contributed by atoms with Crippen LogP contribution >= 0.6 is 0 Å². The van der Waals surface area contributed by atoms with E-state index in [-0.39, 0.29) is 5.91 Å². The average Bonchev–Trinajstić information content (AvgIpc) is 2.26. The number of nitrogens with one attached hydrogen (secondary N) is 1. The van der Waals surface area contributed by atoms with Crippen molar-refractivity contribution < 1.29 is 4.79 Å². The summed E-state index contributed by atoms with van der Waals surface area (Å²) in [6, 6.07) is 0.430. The smallest absolute Gasteiger partial charge is 0.236 e. The van der Waals surface area contributed by atoms with Crippen LogP contribution in [0.15, 0.2) is 0 Å². The monoisotopic (exact) mass is 227 g/mol. The maximum atomic E-state index is 12.0. The summed E-state index contributed by atoms with van der Waals surface area (Å²) in [5.74, 6) is 0.283. The van der Waals surface area contributed by atoms with E-state index < -0.39 is 0 Å². The van der Waals surface area contributed by atoms with E-state index in [4.69, 9.17) is 0 Å². The number of hydrogen-bond donors (Lipinski definition) is 1. The van der Waals surface area contributed by atoms with Gasteiger partial charge in [0.15, 0.2) is 0 Å². The van der Waals surface area contributed by atoms with Crippen molar-refractivity contribution in [3.8, 4) is 0 Å². The number of likely N-dealkylation sites (tertiary alicyclic amines) is 1. The molecule has 1 aliphatic heterocycles. The van der Waals surface area contributed by atoms with Gasteiger partial charge in [0.05, 0.1) is 6.54 Å². The molecule has 0 aliphatic carbocycles. The van der Waals surface area contributed by atoms with Gasteiger partial charge >= 0.3 is 0 Å². The van der Waals surface area contributed by atoms with Crippen molar-refractivity contribution in [1.29, 1.82) is 0 Å². The van der Waals surface area contributed by atoms with Crippen molar-refractivity contribution in [2.24, 2.45) is 0 Å². The van der Waals surface area contributed by atoms with Crippen molar-refractivity contribution in [2.45, 2.75) is 32.2 Å². The summed E-state index contributed by atoms with van der Waals surface area (Å²) >= 11 is 0. The minimum absolute atomic E-state index is 0.283. The van der Waals surface area contributed by atoms with Crippen molar-refractivity contribution in [2.75, 3.05) is 40.3 Å². The Bertz CT molecular complexity index is 220. The lowest BCUT2D eigenvalue weighted by Crippen LogP contribution is -2.46. The lowest BCUT2D eigenvalue weighted by molar-refractivity contribution is -0.135. The molecule has 0 radical (unpaired) electrons. The standard InChI is InChI=1S/C12H25N3O/c1-11-6-4-5-8-15(11)12(16)10-14(3)9-7-13-2/h11,13H,4-10H2,1-3H3. The number of nitrogens with zero attached hydrogens (tertiary/aromatic N) is 2. The predicted molar refractivity (Wildman–Crippen MR) is 66.4 cm³/mol. The molecule has 1 saturated heterocycles. The molecule has 1 unspecified atom stereocenters. The van der Waals surface area contributed by atoms with Gasteiger partial charge in [-0.05, 0) is 40.3 Å². The third-order valence-electron chi connectivity index (χ3n) is 3.27. The van der Waals surface area contributed by atoms with Gasteiger partial charge in [0.1, 0.15) is 0 Å². The fourth-order valence-corrected chi connectivity index (χ4v) is 2.17. The topological polar surface area (TPSA) is 35.6 Å². The first-order chi connectivity index (χ1) is 7.65. The zero-order valence-electron chi connectivity index (χ0n) is 10.8. The van der Waals surface area contributed by atoms with E-state index in [1.54, 1.807) is 0 Å². The third kappa shape index (κ3) is 4.10. The van der Waals surface area contributed by atoms with Crippen molar-refractivity contribution in [3.05, 3.63) is 0 Å². The number of likely N-dealkylation sites (N-methyl/N-ethyl adjacent to an activating group) is 2. The molecule has 0 aromatic heterocycles. The molecule has 94 valence electrons. The van der Waals surface area contributed by atoms with Gasteiger partial charge < -0.3 is 10.2 Å². The second-order valence-electron chi connectivity index (χ2n) is 4.77. The number of piperidine rings is 1. The Morgan fingerprint density at radius 2 is 2.25 bits per heavy atom. The molecule has 0 spiro atoms. The van der Waals surface area contributed by atoms with Crippen LogP contribution in [-0.4, -0.2) is 62.0 Å². The number of amides is 1. The van der Waals surface area contributed by atoms with Crippen LogP contribution in [0, 0.1) is 0 Å². The normalized spacial score (nSPS) is 21.5. The second-order valence-corrected chi connectivity index (χ2v) is 4.77. The number of carbonyl (C=O) groups is 1. The van der Waals surface area contributed by atoms with Gasteiger partial charge in [-0.25, -0.2) is 0 Å². The highest BCUT2D eigenvalue weighted by atomic mass is 16.2. The summed E-state index contributed by atoms with van der Waals surface area (Å²) in [6.45, 7) is 5.50. The number of carbonyl (C=O) groups excluding carboxylic acids is 1. The largest absolute Gasteiger partial charge is 0.339 e. The lowest BCUT2D eigenvalue weighted by atomic mass is 10.0. The Labute approximate surface area is 99.0 Å². The van der Waals surface area contributed by atoms with Gasteiger partial charge in [-0.3, -0.25) is 9.69 Å². The maximum Gasteiger partial charge on any atom is 0.236 e. The van der Waals surface area contributed by atoms with E-state index in [0.717, 1.165) is 32.5 Å². The van der Waals surface area contributed by atoms with Crippen LogP contribution in [0.2, 0.25) is 0 Å². The fourth-order valence-electron chi connectivity index (χ4n) is 2.17. The third-order valence-corrected chi connectivity index (χ3v) is 3.27. The molecule has 16 heavy (non-hydrogen) atoms. The van der Waals surface area contributed by atoms with E-state index in [0.29, 0.717) is 12.6 Å². The summed E-state index contributed by atoms with van der Waals surface area (Å²) in [7, 11) is 3.94. The highest BCUT2D eigenvalue weighted by Gasteiger charge is 2.23. The highest BCUT2D eigenvalue weighted by molar-refractivity contribution is 5.78. The molecule has 4 nitrogen and oxygen atoms in total. The van der Waals surface area contributed by atoms with Gasteiger partial charge in [0.2, 0.25) is 5.91 Å². The maximum absolute atomic E-state index is 12.0. The molecule has 1 heterocycles. The average molecular weight is 227 g/mol. The molecule has 4 heteroatoms. The molecule has 1 rings (SSSR count). The first-order valence-electron chi connectivity index (χ1n) is 6.27. The molecule has 0 bridgehead atoms. The van der Waals surface area contributed by atoms with Gasteiger partial charge in [-0.2, -0.15) is 0 Å². The first-order valence-corrected chi connectivity index (χ1v) is 6.27. The van der Waals surface area contributed by atoms with Gasteiger partial charge in [-0.15, -0.1) is 0 Å². The van der Waals surface area contributed by atoms with E-state index in [1.807, 2.05) is 19.0 Å². The van der Waals surface area contributed by atoms with Crippen molar-refractivity contribution in [1.82, 2.24) is 15.1 Å². The zero-order valence-corrected chi connectivity index (χ0v) is 10.8. The minimum Gasteiger partial charge on any atom is -0.339 e. The van der Waals surface area contributed by atoms with Crippen molar-refractivity contribution >= 4 is 5.91 Å². The molecule has 1 amide bonds. The molecule has 1 N–H and O–H groups in total. The molecular formula is C12H25N3O. The predicted octanol–water partition coefficient (Wildman–Crippen LogP) is 0.539. The van der Waals surface area contributed by atoms with Crippen LogP contribution in [0.1, 0.15) is 26.2 Å². The number of hydrogen-bond acceptors (Lipinski definition) is 3. The summed E-state index contributed by atoms with van der Waals surface area (Å²) in [6.07, 6.45) is 3.59. The van der Waals surface area contributed by atoms with E-state index in [1.165, 1.54) is 6.42 Å². The van der Waals surface area contributed by atoms with Crippen LogP contribution in [0.5, 0.6) is 0 Å². The minimum atomic E-state index is 0.283. The van der Waals surface area contributed by atoms with E-state index in [9.17, 15) is 4.79 Å². The van der Waals surface area contributed by atoms with Gasteiger partial charge in [0.25, 0.3) is 0 Å². The Morgan fingerprint density at radius 3 is 2.88 bits per heavy atom. The summed E-state index contributed by atoms with van der Waals surface area (Å²) in [5, 5.41) is 3.09. The Balaban J connectivity index is 2.32. The van der Waals surface area contributed by atoms with Gasteiger partial charge in [0, 0.05) is 25.7 Å². The molecule has 1 atom stereocenters. The quantitative estimate of drug-likeness (QED) is 0.744. The zero-order chi connectivity index (χ0) is 12.0. The number of rotatable bonds is 5.